The molecule has 2 aliphatic heterocycles. The fourth-order valence-electron chi connectivity index (χ4n) is 6.13. The Morgan fingerprint density at radius 1 is 1.14 bits per heavy atom. The highest BCUT2D eigenvalue weighted by Crippen LogP contribution is 2.41. The molecular formula is C27H49N5O11. The molecule has 0 spiro atoms. The van der Waals surface area contributed by atoms with Crippen molar-refractivity contribution in [3.8, 4) is 0 Å². The molecule has 43 heavy (non-hydrogen) atoms. The standard InChI is InChI=1S/C27H49N5O11/c1-26(38)11-40-25(20(37)23(26)31-2)42-21-12(6-18(35)27(39)7-17(27)30)5-16(29)22(19(21)36)43-24-15(28)4-3-14(41-24)9-32-8-13(34)10-33/h3,12-13,15-17,19-25,31-34,36-39H,4-11,28-30H2,1-2H3/t12-,13?,15+,16-,17?,19+,20+,21-,22?,23+,24+,25+,26-,27?/m0/s1. The van der Waals surface area contributed by atoms with Crippen LogP contribution in [0.25, 0.3) is 0 Å². The lowest BCUT2D eigenvalue weighted by Gasteiger charge is -2.48. The van der Waals surface area contributed by atoms with Crippen LogP contribution in [0.1, 0.15) is 32.6 Å². The Bertz CT molecular complexity index is 991. The maximum absolute atomic E-state index is 13.0. The van der Waals surface area contributed by atoms with Gasteiger partial charge in [-0.15, -0.1) is 0 Å². The fourth-order valence-corrected chi connectivity index (χ4v) is 6.13. The number of ether oxygens (including phenoxy) is 4. The number of nitrogens with two attached hydrogens (primary N) is 3. The van der Waals surface area contributed by atoms with Crippen molar-refractivity contribution in [2.45, 2.75) is 111 Å². The highest BCUT2D eigenvalue weighted by Gasteiger charge is 2.58. The van der Waals surface area contributed by atoms with E-state index in [9.17, 15) is 30.3 Å². The van der Waals surface area contributed by atoms with E-state index in [1.54, 1.807) is 13.1 Å². The molecule has 16 nitrogen and oxygen atoms in total. The van der Waals surface area contributed by atoms with Gasteiger partial charge in [0.1, 0.15) is 35.3 Å². The van der Waals surface area contributed by atoms with Crippen LogP contribution in [0.4, 0.5) is 0 Å². The van der Waals surface area contributed by atoms with E-state index in [4.69, 9.17) is 41.3 Å². The Morgan fingerprint density at radius 2 is 1.81 bits per heavy atom. The van der Waals surface area contributed by atoms with E-state index in [0.717, 1.165) is 0 Å². The zero-order chi connectivity index (χ0) is 31.7. The van der Waals surface area contributed by atoms with Gasteiger partial charge in [0, 0.05) is 31.5 Å². The Labute approximate surface area is 250 Å². The first-order chi connectivity index (χ1) is 20.2. The highest BCUT2D eigenvalue weighted by molar-refractivity contribution is 5.91. The molecule has 2 heterocycles. The number of hydrogen-bond donors (Lipinski definition) is 11. The van der Waals surface area contributed by atoms with Crippen molar-refractivity contribution in [2.24, 2.45) is 23.1 Å². The first-order valence-electron chi connectivity index (χ1n) is 14.8. The Hall–Kier alpha value is -1.35. The van der Waals surface area contributed by atoms with Gasteiger partial charge in [-0.3, -0.25) is 4.79 Å². The molecule has 1 saturated heterocycles. The quantitative estimate of drug-likeness (QED) is 0.0919. The predicted octanol–water partition coefficient (Wildman–Crippen LogP) is -5.16. The molecule has 0 radical (unpaired) electrons. The normalized spacial score (nSPS) is 45.7. The molecule has 14 atom stereocenters. The molecule has 2 aliphatic carbocycles. The zero-order valence-corrected chi connectivity index (χ0v) is 24.6. The Morgan fingerprint density at radius 3 is 2.44 bits per heavy atom. The Balaban J connectivity index is 1.48. The van der Waals surface area contributed by atoms with Gasteiger partial charge >= 0.3 is 0 Å². The first kappa shape index (κ1) is 34.5. The lowest BCUT2D eigenvalue weighted by atomic mass is 9.76. The van der Waals surface area contributed by atoms with Crippen LogP contribution in [0.15, 0.2) is 11.8 Å². The number of hydrogen-bond acceptors (Lipinski definition) is 16. The molecule has 0 aromatic carbocycles. The summed E-state index contributed by atoms with van der Waals surface area (Å²) < 4.78 is 23.9. The number of likely N-dealkylation sites (N-methyl/N-ethyl adjacent to an activating group) is 1. The topological polar surface area (TPSA) is 277 Å². The van der Waals surface area contributed by atoms with Gasteiger partial charge in [-0.2, -0.15) is 0 Å². The van der Waals surface area contributed by atoms with Gasteiger partial charge in [0.25, 0.3) is 0 Å². The fraction of sp³-hybridized carbons (Fsp3) is 0.889. The lowest BCUT2D eigenvalue weighted by molar-refractivity contribution is -0.308. The summed E-state index contributed by atoms with van der Waals surface area (Å²) in [5, 5.41) is 68.1. The van der Waals surface area contributed by atoms with E-state index in [1.165, 1.54) is 6.92 Å². The average molecular weight is 620 g/mol. The van der Waals surface area contributed by atoms with Crippen LogP contribution in [0, 0.1) is 5.92 Å². The molecule has 0 bridgehead atoms. The highest BCUT2D eigenvalue weighted by atomic mass is 16.7. The number of carbonyl (C=O) groups is 1. The van der Waals surface area contributed by atoms with E-state index in [0.29, 0.717) is 12.2 Å². The molecule has 4 rings (SSSR count). The second-order valence-corrected chi connectivity index (χ2v) is 12.5. The van der Waals surface area contributed by atoms with E-state index < -0.39 is 90.2 Å². The minimum atomic E-state index is -1.64. The van der Waals surface area contributed by atoms with Gasteiger partial charge in [0.2, 0.25) is 6.29 Å². The van der Waals surface area contributed by atoms with Crippen LogP contribution in [0.3, 0.4) is 0 Å². The van der Waals surface area contributed by atoms with E-state index >= 15 is 0 Å². The average Bonchev–Trinajstić information content (AvgIpc) is 3.58. The zero-order valence-electron chi connectivity index (χ0n) is 24.6. The van der Waals surface area contributed by atoms with Gasteiger partial charge < -0.3 is 77.4 Å². The van der Waals surface area contributed by atoms with Gasteiger partial charge in [-0.05, 0) is 38.8 Å². The van der Waals surface area contributed by atoms with Crippen molar-refractivity contribution in [3.63, 3.8) is 0 Å². The molecule has 4 unspecified atom stereocenters. The molecule has 14 N–H and O–H groups in total. The maximum atomic E-state index is 13.0. The summed E-state index contributed by atoms with van der Waals surface area (Å²) in [5.41, 5.74) is 15.5. The third kappa shape index (κ3) is 7.73. The molecule has 2 saturated carbocycles. The molecule has 16 heteroatoms. The predicted molar refractivity (Wildman–Crippen MR) is 150 cm³/mol. The summed E-state index contributed by atoms with van der Waals surface area (Å²) in [6, 6.07) is -2.88. The Kier molecular flexibility index (Phi) is 11.2. The summed E-state index contributed by atoms with van der Waals surface area (Å²) >= 11 is 0. The molecule has 0 aromatic heterocycles. The summed E-state index contributed by atoms with van der Waals surface area (Å²) in [6.07, 6.45) is -5.93. The maximum Gasteiger partial charge on any atom is 0.215 e. The van der Waals surface area contributed by atoms with Crippen molar-refractivity contribution < 1.29 is 54.4 Å². The lowest BCUT2D eigenvalue weighted by Crippen LogP contribution is -2.67. The summed E-state index contributed by atoms with van der Waals surface area (Å²) in [6.45, 7) is 1.31. The van der Waals surface area contributed by atoms with Crippen LogP contribution < -0.4 is 27.8 Å². The van der Waals surface area contributed by atoms with Gasteiger partial charge in [0.15, 0.2) is 12.1 Å². The van der Waals surface area contributed by atoms with Crippen molar-refractivity contribution in [1.29, 1.82) is 0 Å². The number of rotatable bonds is 13. The third-order valence-corrected chi connectivity index (χ3v) is 8.90. The van der Waals surface area contributed by atoms with E-state index in [2.05, 4.69) is 10.6 Å². The summed E-state index contributed by atoms with van der Waals surface area (Å²) in [7, 11) is 1.57. The van der Waals surface area contributed by atoms with Gasteiger partial charge in [-0.1, -0.05) is 0 Å². The van der Waals surface area contributed by atoms with Crippen LogP contribution in [-0.4, -0.2) is 148 Å². The van der Waals surface area contributed by atoms with E-state index in [-0.39, 0.29) is 45.6 Å². The van der Waals surface area contributed by atoms with Crippen LogP contribution in [0.2, 0.25) is 0 Å². The van der Waals surface area contributed by atoms with Crippen molar-refractivity contribution in [1.82, 2.24) is 10.6 Å². The molecule has 3 fully saturated rings. The molecular weight excluding hydrogens is 570 g/mol. The SMILES string of the molecule is CN[C@@H]1[C@@H](O)[C@@H](O[C@H]2[C@H](CC(=O)C3(O)CC3N)C[C@H](N)C(O[C@H]3OC(CNCC(O)CO)=CC[C@H]3N)[C@@H]2O)OC[C@]1(C)O. The third-order valence-electron chi connectivity index (χ3n) is 8.90. The number of ketones is 1. The molecule has 248 valence electrons. The molecule has 0 aromatic rings. The number of aliphatic hydroxyl groups excluding tert-OH is 4. The first-order valence-corrected chi connectivity index (χ1v) is 14.8. The number of carbonyl (C=O) groups excluding carboxylic acids is 1. The second kappa shape index (κ2) is 14.0. The second-order valence-electron chi connectivity index (χ2n) is 12.5. The monoisotopic (exact) mass is 619 g/mol. The molecule has 0 amide bonds. The smallest absolute Gasteiger partial charge is 0.215 e. The minimum absolute atomic E-state index is 0.133. The number of aliphatic hydroxyl groups is 6. The number of nitrogens with one attached hydrogen (secondary N) is 2. The van der Waals surface area contributed by atoms with Gasteiger partial charge in [-0.25, -0.2) is 0 Å². The van der Waals surface area contributed by atoms with Crippen LogP contribution >= 0.6 is 0 Å². The van der Waals surface area contributed by atoms with Gasteiger partial charge in [0.05, 0.1) is 44.1 Å². The minimum Gasteiger partial charge on any atom is -0.467 e. The van der Waals surface area contributed by atoms with Crippen LogP contribution in [-0.2, 0) is 23.7 Å². The van der Waals surface area contributed by atoms with E-state index in [1.807, 2.05) is 0 Å². The number of Topliss-reactive ketones (excluding diaryl/α,β-unsaturated/α-hetero) is 1. The molecule has 4 aliphatic rings. The van der Waals surface area contributed by atoms with Crippen LogP contribution in [0.5, 0.6) is 0 Å². The largest absolute Gasteiger partial charge is 0.467 e. The summed E-state index contributed by atoms with van der Waals surface area (Å²) in [5.74, 6) is -0.700. The van der Waals surface area contributed by atoms with Crippen molar-refractivity contribution in [3.05, 3.63) is 11.8 Å². The van der Waals surface area contributed by atoms with Crippen molar-refractivity contribution in [2.75, 3.05) is 33.4 Å². The summed E-state index contributed by atoms with van der Waals surface area (Å²) in [4.78, 5) is 13.0. The van der Waals surface area contributed by atoms with Crippen molar-refractivity contribution >= 4 is 5.78 Å².